The molecule has 0 radical (unpaired) electrons. The molecule has 13 heteroatoms. The van der Waals surface area contributed by atoms with Crippen molar-refractivity contribution < 1.29 is 42.8 Å². The SMILES string of the molecule is COc1ccc(C(OC[C@H]2O[C@@H](n3cc(F)c(=O)[nH]c3=O)C[C@@H]2OC(=O)CCC(=O)O)(c2ccccc2)c2ccc(OC)cc2)cc1. The Hall–Kier alpha value is -5.27. The maximum absolute atomic E-state index is 14.2. The van der Waals surface area contributed by atoms with Crippen LogP contribution in [-0.2, 0) is 29.4 Å². The van der Waals surface area contributed by atoms with Gasteiger partial charge in [-0.2, -0.15) is 4.39 Å². The molecule has 3 aromatic carbocycles. The molecule has 1 saturated heterocycles. The summed E-state index contributed by atoms with van der Waals surface area (Å²) in [6.07, 6.45) is -3.41. The molecule has 2 heterocycles. The number of hydrogen-bond donors (Lipinski definition) is 2. The lowest BCUT2D eigenvalue weighted by molar-refractivity contribution is -0.157. The number of aromatic amines is 1. The summed E-state index contributed by atoms with van der Waals surface area (Å²) in [6.45, 7) is -0.207. The van der Waals surface area contributed by atoms with Gasteiger partial charge in [0.2, 0.25) is 5.82 Å². The zero-order chi connectivity index (χ0) is 33.6. The molecule has 246 valence electrons. The highest BCUT2D eigenvalue weighted by atomic mass is 19.1. The van der Waals surface area contributed by atoms with Gasteiger partial charge in [0.25, 0.3) is 5.56 Å². The van der Waals surface area contributed by atoms with Gasteiger partial charge in [0.05, 0.1) is 39.9 Å². The number of carbonyl (C=O) groups is 2. The van der Waals surface area contributed by atoms with Crippen LogP contribution in [0, 0.1) is 5.82 Å². The first-order chi connectivity index (χ1) is 22.6. The van der Waals surface area contributed by atoms with E-state index in [1.807, 2.05) is 59.6 Å². The first kappa shape index (κ1) is 33.1. The number of carboxylic acid groups (broad SMARTS) is 1. The van der Waals surface area contributed by atoms with Gasteiger partial charge in [-0.15, -0.1) is 0 Å². The predicted octanol–water partition coefficient (Wildman–Crippen LogP) is 3.77. The van der Waals surface area contributed by atoms with Crippen molar-refractivity contribution in [3.8, 4) is 11.5 Å². The number of aromatic nitrogens is 2. The number of nitrogens with zero attached hydrogens (tertiary/aromatic N) is 1. The fourth-order valence-electron chi connectivity index (χ4n) is 5.54. The standard InChI is InChI=1S/C34H33FN2O10/c1-43-24-12-8-22(9-13-24)34(21-6-4-3-5-7-21,23-10-14-25(44-2)15-11-23)45-20-28-27(47-31(40)17-16-30(38)39)18-29(46-28)37-19-26(35)32(41)36-33(37)42/h3-15,19,27-29H,16-18,20H2,1-2H3,(H,38,39)(H,36,41,42)/t27-,28+,29+/m0/s1. The molecule has 1 aliphatic rings. The highest BCUT2D eigenvalue weighted by Crippen LogP contribution is 2.43. The number of rotatable bonds is 13. The molecule has 0 spiro atoms. The summed E-state index contributed by atoms with van der Waals surface area (Å²) in [5.74, 6) is -1.93. The Morgan fingerprint density at radius 3 is 2.04 bits per heavy atom. The molecule has 0 amide bonds. The number of esters is 1. The summed E-state index contributed by atoms with van der Waals surface area (Å²) in [5.41, 5.74) is -1.18. The van der Waals surface area contributed by atoms with Gasteiger partial charge in [-0.25, -0.2) is 4.79 Å². The van der Waals surface area contributed by atoms with E-state index in [9.17, 15) is 23.6 Å². The largest absolute Gasteiger partial charge is 0.497 e. The lowest BCUT2D eigenvalue weighted by atomic mass is 9.80. The van der Waals surface area contributed by atoms with Gasteiger partial charge in [-0.3, -0.25) is 23.9 Å². The molecule has 0 bridgehead atoms. The number of halogens is 1. The van der Waals surface area contributed by atoms with E-state index in [1.165, 1.54) is 0 Å². The minimum atomic E-state index is -1.26. The van der Waals surface area contributed by atoms with Crippen LogP contribution in [-0.4, -0.2) is 59.6 Å². The van der Waals surface area contributed by atoms with Crippen LogP contribution >= 0.6 is 0 Å². The molecule has 1 aliphatic heterocycles. The van der Waals surface area contributed by atoms with Gasteiger partial charge in [0.1, 0.15) is 35.5 Å². The summed E-state index contributed by atoms with van der Waals surface area (Å²) in [6, 6.07) is 24.0. The Morgan fingerprint density at radius 2 is 1.49 bits per heavy atom. The third kappa shape index (κ3) is 7.26. The Labute approximate surface area is 268 Å². The van der Waals surface area contributed by atoms with Crippen LogP contribution in [0.25, 0.3) is 0 Å². The van der Waals surface area contributed by atoms with E-state index in [4.69, 9.17) is 28.8 Å². The van der Waals surface area contributed by atoms with E-state index in [0.717, 1.165) is 27.5 Å². The summed E-state index contributed by atoms with van der Waals surface area (Å²) in [7, 11) is 3.12. The number of nitrogens with one attached hydrogen (secondary N) is 1. The van der Waals surface area contributed by atoms with Crippen LogP contribution < -0.4 is 20.7 Å². The highest BCUT2D eigenvalue weighted by Gasteiger charge is 2.44. The van der Waals surface area contributed by atoms with Gasteiger partial charge in [-0.1, -0.05) is 54.6 Å². The van der Waals surface area contributed by atoms with Crippen LogP contribution in [0.2, 0.25) is 0 Å². The number of benzene rings is 3. The van der Waals surface area contributed by atoms with Crippen molar-refractivity contribution in [2.45, 2.75) is 43.3 Å². The lowest BCUT2D eigenvalue weighted by Crippen LogP contribution is -2.39. The van der Waals surface area contributed by atoms with Gasteiger partial charge in [-0.05, 0) is 41.0 Å². The summed E-state index contributed by atoms with van der Waals surface area (Å²) >= 11 is 0. The minimum absolute atomic E-state index is 0.109. The van der Waals surface area contributed by atoms with E-state index in [2.05, 4.69) is 0 Å². The quantitative estimate of drug-likeness (QED) is 0.162. The van der Waals surface area contributed by atoms with Crippen LogP contribution in [0.4, 0.5) is 4.39 Å². The smallest absolute Gasteiger partial charge is 0.330 e. The van der Waals surface area contributed by atoms with Crippen molar-refractivity contribution in [3.63, 3.8) is 0 Å². The zero-order valence-corrected chi connectivity index (χ0v) is 25.6. The van der Waals surface area contributed by atoms with Gasteiger partial charge >= 0.3 is 17.6 Å². The fourth-order valence-corrected chi connectivity index (χ4v) is 5.54. The van der Waals surface area contributed by atoms with Crippen molar-refractivity contribution >= 4 is 11.9 Å². The van der Waals surface area contributed by atoms with E-state index >= 15 is 0 Å². The molecule has 1 fully saturated rings. The third-order valence-corrected chi connectivity index (χ3v) is 7.88. The molecule has 0 saturated carbocycles. The number of aliphatic carboxylic acids is 1. The Kier molecular flexibility index (Phi) is 10.2. The number of carbonyl (C=O) groups excluding carboxylic acids is 1. The monoisotopic (exact) mass is 648 g/mol. The van der Waals surface area contributed by atoms with Crippen LogP contribution in [0.5, 0.6) is 11.5 Å². The summed E-state index contributed by atoms with van der Waals surface area (Å²) < 4.78 is 44.5. The lowest BCUT2D eigenvalue weighted by Gasteiger charge is -2.37. The van der Waals surface area contributed by atoms with Crippen molar-refractivity contribution in [1.82, 2.24) is 9.55 Å². The molecular weight excluding hydrogens is 615 g/mol. The van der Waals surface area contributed by atoms with E-state index in [-0.39, 0.29) is 13.0 Å². The molecule has 0 aliphatic carbocycles. The second-order valence-corrected chi connectivity index (χ2v) is 10.7. The molecule has 47 heavy (non-hydrogen) atoms. The van der Waals surface area contributed by atoms with E-state index < -0.39 is 65.9 Å². The number of carboxylic acids is 1. The maximum Gasteiger partial charge on any atom is 0.330 e. The van der Waals surface area contributed by atoms with Crippen molar-refractivity contribution in [1.29, 1.82) is 0 Å². The first-order valence-corrected chi connectivity index (χ1v) is 14.7. The Morgan fingerprint density at radius 1 is 0.915 bits per heavy atom. The first-order valence-electron chi connectivity index (χ1n) is 14.7. The average Bonchev–Trinajstić information content (AvgIpc) is 3.48. The molecule has 0 unspecified atom stereocenters. The molecule has 12 nitrogen and oxygen atoms in total. The molecule has 4 aromatic rings. The summed E-state index contributed by atoms with van der Waals surface area (Å²) in [5, 5.41) is 9.04. The minimum Gasteiger partial charge on any atom is -0.497 e. The number of hydrogen-bond acceptors (Lipinski definition) is 9. The van der Waals surface area contributed by atoms with Crippen LogP contribution in [0.1, 0.15) is 42.2 Å². The number of methoxy groups -OCH3 is 2. The van der Waals surface area contributed by atoms with Gasteiger partial charge < -0.3 is 28.8 Å². The predicted molar refractivity (Wildman–Crippen MR) is 165 cm³/mol. The van der Waals surface area contributed by atoms with Crippen LogP contribution in [0.15, 0.2) is 94.6 Å². The van der Waals surface area contributed by atoms with Crippen molar-refractivity contribution in [2.75, 3.05) is 20.8 Å². The summed E-state index contributed by atoms with van der Waals surface area (Å²) in [4.78, 5) is 49.9. The topological polar surface area (TPSA) is 155 Å². The zero-order valence-electron chi connectivity index (χ0n) is 25.6. The van der Waals surface area contributed by atoms with Crippen LogP contribution in [0.3, 0.4) is 0 Å². The normalized spacial score (nSPS) is 17.6. The maximum atomic E-state index is 14.2. The Bertz CT molecular complexity index is 1760. The number of ether oxygens (including phenoxy) is 5. The van der Waals surface area contributed by atoms with Gasteiger partial charge in [0, 0.05) is 6.42 Å². The molecular formula is C34H33FN2O10. The molecule has 1 aromatic heterocycles. The van der Waals surface area contributed by atoms with Crippen molar-refractivity contribution in [3.05, 3.63) is 128 Å². The van der Waals surface area contributed by atoms with Crippen molar-refractivity contribution in [2.24, 2.45) is 0 Å². The highest BCUT2D eigenvalue weighted by molar-refractivity contribution is 5.76. The molecule has 2 N–H and O–H groups in total. The van der Waals surface area contributed by atoms with E-state index in [0.29, 0.717) is 11.5 Å². The second kappa shape index (κ2) is 14.4. The third-order valence-electron chi connectivity index (χ3n) is 7.88. The molecule has 5 rings (SSSR count). The van der Waals surface area contributed by atoms with E-state index in [1.54, 1.807) is 38.5 Å². The van der Waals surface area contributed by atoms with Gasteiger partial charge in [0.15, 0.2) is 0 Å². The second-order valence-electron chi connectivity index (χ2n) is 10.7. The number of H-pyrrole nitrogens is 1. The fraction of sp³-hybridized carbons (Fsp3) is 0.294. The average molecular weight is 649 g/mol. The molecule has 3 atom stereocenters. The Balaban J connectivity index is 1.56.